The summed E-state index contributed by atoms with van der Waals surface area (Å²) in [6.45, 7) is 10.7. The van der Waals surface area contributed by atoms with Crippen molar-refractivity contribution in [1.29, 1.82) is 0 Å². The number of carbonyl (C=O) groups excluding carboxylic acids is 2. The van der Waals surface area contributed by atoms with E-state index in [1.165, 1.54) is 12.6 Å². The summed E-state index contributed by atoms with van der Waals surface area (Å²) >= 11 is 0. The molecule has 9 nitrogen and oxygen atoms in total. The lowest BCUT2D eigenvalue weighted by molar-refractivity contribution is -0.335. The summed E-state index contributed by atoms with van der Waals surface area (Å²) in [7, 11) is 1.54. The highest BCUT2D eigenvalue weighted by atomic mass is 16.7. The van der Waals surface area contributed by atoms with E-state index in [-0.39, 0.29) is 30.8 Å². The van der Waals surface area contributed by atoms with Crippen LogP contribution in [0.2, 0.25) is 0 Å². The summed E-state index contributed by atoms with van der Waals surface area (Å²) < 4.78 is 25.9. The number of fused-ring (bicyclic) bond motifs is 2. The number of esters is 1. The fourth-order valence-electron chi connectivity index (χ4n) is 7.65. The lowest BCUT2D eigenvalue weighted by Crippen LogP contribution is -2.62. The first-order chi connectivity index (χ1) is 20.5. The molecule has 1 spiro atoms. The van der Waals surface area contributed by atoms with Gasteiger partial charge in [0.1, 0.15) is 23.7 Å². The van der Waals surface area contributed by atoms with Crippen LogP contribution in [0.1, 0.15) is 79.6 Å². The van der Waals surface area contributed by atoms with Gasteiger partial charge in [-0.25, -0.2) is 4.79 Å². The summed E-state index contributed by atoms with van der Waals surface area (Å²) in [5.74, 6) is -1.59. The van der Waals surface area contributed by atoms with Crippen molar-refractivity contribution in [3.05, 3.63) is 47.1 Å². The van der Waals surface area contributed by atoms with Crippen molar-refractivity contribution in [1.82, 2.24) is 10.6 Å². The Bertz CT molecular complexity index is 1190. The number of ether oxygens (including phenoxy) is 4. The first kappa shape index (κ1) is 31.9. The minimum Gasteiger partial charge on any atom is -0.462 e. The summed E-state index contributed by atoms with van der Waals surface area (Å²) in [4.78, 5) is 26.5. The second-order valence-corrected chi connectivity index (χ2v) is 13.4. The molecule has 5 rings (SSSR count). The lowest BCUT2D eigenvalue weighted by Gasteiger charge is -2.50. The van der Waals surface area contributed by atoms with Crippen LogP contribution in [0.4, 0.5) is 4.79 Å². The number of carbonyl (C=O) groups is 2. The molecule has 0 aromatic carbocycles. The van der Waals surface area contributed by atoms with Crippen LogP contribution in [0.25, 0.3) is 0 Å². The van der Waals surface area contributed by atoms with Crippen LogP contribution in [0.3, 0.4) is 0 Å². The molecule has 0 unspecified atom stereocenters. The summed E-state index contributed by atoms with van der Waals surface area (Å²) in [6, 6.07) is -1.000. The van der Waals surface area contributed by atoms with Gasteiger partial charge in [-0.2, -0.15) is 0 Å². The zero-order valence-electron chi connectivity index (χ0n) is 26.6. The maximum absolute atomic E-state index is 14.1. The summed E-state index contributed by atoms with van der Waals surface area (Å²) in [6.07, 6.45) is 13.8. The number of urea groups is 1. The molecule has 4 aliphatic heterocycles. The molecule has 3 N–H and O–H groups in total. The Morgan fingerprint density at radius 2 is 1.98 bits per heavy atom. The Morgan fingerprint density at radius 1 is 1.19 bits per heavy atom. The zero-order valence-corrected chi connectivity index (χ0v) is 26.6. The Morgan fingerprint density at radius 3 is 2.72 bits per heavy atom. The number of nitrogens with one attached hydrogen (secondary N) is 2. The van der Waals surface area contributed by atoms with E-state index >= 15 is 0 Å². The van der Waals surface area contributed by atoms with E-state index in [0.29, 0.717) is 30.8 Å². The van der Waals surface area contributed by atoms with E-state index in [0.717, 1.165) is 31.3 Å². The molecular formula is C34H50N2O7. The molecule has 2 amide bonds. The fourth-order valence-corrected chi connectivity index (χ4v) is 7.65. The first-order valence-corrected chi connectivity index (χ1v) is 16.1. The van der Waals surface area contributed by atoms with Gasteiger partial charge in [-0.3, -0.25) is 4.79 Å². The number of hydrogen-bond donors (Lipinski definition) is 3. The third-order valence-corrected chi connectivity index (χ3v) is 10.1. The molecule has 238 valence electrons. The highest BCUT2D eigenvalue weighted by molar-refractivity contribution is 5.79. The van der Waals surface area contributed by atoms with Crippen molar-refractivity contribution in [3.63, 3.8) is 0 Å². The van der Waals surface area contributed by atoms with Crippen LogP contribution in [-0.4, -0.2) is 72.6 Å². The summed E-state index contributed by atoms with van der Waals surface area (Å²) in [5.41, 5.74) is 0.913. The maximum atomic E-state index is 14.1. The van der Waals surface area contributed by atoms with Gasteiger partial charge in [0.05, 0.1) is 24.9 Å². The van der Waals surface area contributed by atoms with Crippen LogP contribution in [-0.2, 0) is 23.7 Å². The standard InChI is InChI=1S/C34H50N2O7/c1-7-28-22(4)13-14-33(43-28)18-26-17-25(42-33)12-11-21(3)15-20(2)9-8-10-24-19-40-30-29(36-32(38)35-6)23(5)16-27(31(37)41-26)34(24,30)39/h8-11,16,20,22,25-30,39H,7,12-15,17-19H2,1-6H3,(H2,35,36,38)/b9-8+,21-11+,24-10+/t20-,22-,25+,26-,27-,28+,29+,30+,33+,34+/m0/s1. The number of aliphatic hydroxyl groups is 1. The molecule has 5 aliphatic rings. The topological polar surface area (TPSA) is 115 Å². The number of amides is 2. The van der Waals surface area contributed by atoms with Crippen molar-refractivity contribution >= 4 is 12.0 Å². The number of hydrogen-bond acceptors (Lipinski definition) is 7. The molecule has 1 aliphatic carbocycles. The van der Waals surface area contributed by atoms with E-state index in [1.54, 1.807) is 6.08 Å². The van der Waals surface area contributed by atoms with Crippen molar-refractivity contribution in [3.8, 4) is 0 Å². The van der Waals surface area contributed by atoms with Gasteiger partial charge in [-0.05, 0) is 56.9 Å². The van der Waals surface area contributed by atoms with Gasteiger partial charge < -0.3 is 34.7 Å². The third kappa shape index (κ3) is 6.51. The Kier molecular flexibility index (Phi) is 9.57. The van der Waals surface area contributed by atoms with Crippen molar-refractivity contribution in [2.75, 3.05) is 13.7 Å². The Labute approximate surface area is 256 Å². The fraction of sp³-hybridized carbons (Fsp3) is 0.706. The van der Waals surface area contributed by atoms with E-state index in [2.05, 4.69) is 50.5 Å². The number of allylic oxidation sites excluding steroid dienone is 4. The van der Waals surface area contributed by atoms with Crippen molar-refractivity contribution < 1.29 is 33.6 Å². The molecule has 3 saturated heterocycles. The maximum Gasteiger partial charge on any atom is 0.316 e. The normalized spacial score (nSPS) is 45.0. The van der Waals surface area contributed by atoms with Crippen LogP contribution in [0, 0.1) is 17.8 Å². The quantitative estimate of drug-likeness (QED) is 0.307. The zero-order chi connectivity index (χ0) is 30.9. The average Bonchev–Trinajstić information content (AvgIpc) is 3.30. The highest BCUT2D eigenvalue weighted by Crippen LogP contribution is 2.47. The molecular weight excluding hydrogens is 548 g/mol. The largest absolute Gasteiger partial charge is 0.462 e. The van der Waals surface area contributed by atoms with Crippen LogP contribution < -0.4 is 10.6 Å². The van der Waals surface area contributed by atoms with Crippen LogP contribution >= 0.6 is 0 Å². The van der Waals surface area contributed by atoms with E-state index < -0.39 is 41.5 Å². The van der Waals surface area contributed by atoms with Gasteiger partial charge in [0.15, 0.2) is 5.79 Å². The van der Waals surface area contributed by atoms with Gasteiger partial charge in [0, 0.05) is 26.3 Å². The third-order valence-electron chi connectivity index (χ3n) is 10.1. The highest BCUT2D eigenvalue weighted by Gasteiger charge is 2.60. The minimum atomic E-state index is -1.69. The first-order valence-electron chi connectivity index (χ1n) is 16.1. The van der Waals surface area contributed by atoms with Crippen molar-refractivity contribution in [2.45, 2.75) is 121 Å². The van der Waals surface area contributed by atoms with Crippen molar-refractivity contribution in [2.24, 2.45) is 17.8 Å². The van der Waals surface area contributed by atoms with Crippen LogP contribution in [0.5, 0.6) is 0 Å². The molecule has 0 aromatic rings. The van der Waals surface area contributed by atoms with Gasteiger partial charge in [-0.15, -0.1) is 0 Å². The molecule has 4 heterocycles. The molecule has 3 fully saturated rings. The Balaban J connectivity index is 1.52. The second kappa shape index (κ2) is 12.9. The molecule has 10 atom stereocenters. The molecule has 2 bridgehead atoms. The van der Waals surface area contributed by atoms with Gasteiger partial charge >= 0.3 is 12.0 Å². The SMILES string of the molecule is CC[C@H]1O[C@]2(CC[C@@H]1C)C[C@@H]1C[C@@H](C/C=C(\C)C[C@@H](C)/C=C/C=C3\CO[C@@H]4[C@H](NC(=O)NC)C(C)=C[C@@H](C(=O)O1)[C@]34O)O2. The molecule has 9 heteroatoms. The second-order valence-electron chi connectivity index (χ2n) is 13.4. The minimum absolute atomic E-state index is 0.0881. The van der Waals surface area contributed by atoms with E-state index in [4.69, 9.17) is 18.9 Å². The average molecular weight is 599 g/mol. The molecule has 43 heavy (non-hydrogen) atoms. The van der Waals surface area contributed by atoms with Gasteiger partial charge in [0.2, 0.25) is 0 Å². The molecule has 0 aromatic heterocycles. The smallest absolute Gasteiger partial charge is 0.316 e. The molecule has 0 saturated carbocycles. The number of rotatable bonds is 2. The summed E-state index contributed by atoms with van der Waals surface area (Å²) in [5, 5.41) is 17.9. The molecule has 0 radical (unpaired) electrons. The lowest BCUT2D eigenvalue weighted by atomic mass is 9.70. The monoisotopic (exact) mass is 598 g/mol. The predicted molar refractivity (Wildman–Crippen MR) is 163 cm³/mol. The van der Waals surface area contributed by atoms with Gasteiger partial charge in [0.25, 0.3) is 0 Å². The van der Waals surface area contributed by atoms with E-state index in [9.17, 15) is 14.7 Å². The van der Waals surface area contributed by atoms with Gasteiger partial charge in [-0.1, -0.05) is 62.3 Å². The van der Waals surface area contributed by atoms with Crippen LogP contribution in [0.15, 0.2) is 47.1 Å². The predicted octanol–water partition coefficient (Wildman–Crippen LogP) is 4.86. The Hall–Kier alpha value is -2.46. The van der Waals surface area contributed by atoms with E-state index in [1.807, 2.05) is 19.1 Å².